The van der Waals surface area contributed by atoms with Crippen LogP contribution in [0.2, 0.25) is 0 Å². The van der Waals surface area contributed by atoms with Crippen LogP contribution >= 0.6 is 0 Å². The molecule has 2 aromatic carbocycles. The Bertz CT molecular complexity index is 1590. The second-order valence-corrected chi connectivity index (χ2v) is 10.6. The highest BCUT2D eigenvalue weighted by Crippen LogP contribution is 2.44. The number of carboxylic acids is 1. The third-order valence-corrected chi connectivity index (χ3v) is 8.07. The van der Waals surface area contributed by atoms with Crippen molar-refractivity contribution in [2.45, 2.75) is 64.5 Å². The van der Waals surface area contributed by atoms with Crippen molar-refractivity contribution in [2.75, 3.05) is 4.90 Å². The zero-order valence-electron chi connectivity index (χ0n) is 21.7. The molecule has 1 aliphatic carbocycles. The predicted molar refractivity (Wildman–Crippen MR) is 139 cm³/mol. The van der Waals surface area contributed by atoms with Crippen LogP contribution in [0.4, 0.5) is 14.5 Å². The van der Waals surface area contributed by atoms with Gasteiger partial charge in [-0.1, -0.05) is 11.2 Å². The Balaban J connectivity index is 1.48. The van der Waals surface area contributed by atoms with E-state index in [1.807, 2.05) is 32.0 Å². The van der Waals surface area contributed by atoms with Crippen molar-refractivity contribution in [1.29, 1.82) is 0 Å². The third-order valence-electron chi connectivity index (χ3n) is 8.07. The van der Waals surface area contributed by atoms with Gasteiger partial charge in [0.2, 0.25) is 5.91 Å². The normalized spacial score (nSPS) is 21.4. The van der Waals surface area contributed by atoms with Gasteiger partial charge in [0.1, 0.15) is 11.6 Å². The lowest BCUT2D eigenvalue weighted by atomic mass is 10.0. The molecule has 2 fully saturated rings. The minimum absolute atomic E-state index is 0.00164. The van der Waals surface area contributed by atoms with E-state index in [1.165, 1.54) is 11.0 Å². The lowest BCUT2D eigenvalue weighted by Crippen LogP contribution is -2.30. The van der Waals surface area contributed by atoms with Crippen LogP contribution in [0.25, 0.3) is 22.2 Å². The van der Waals surface area contributed by atoms with Crippen LogP contribution in [0, 0.1) is 31.4 Å². The molecule has 6 rings (SSSR count). The number of hydrogen-bond donors (Lipinski definition) is 1. The van der Waals surface area contributed by atoms with E-state index < -0.39 is 23.6 Å². The number of carbonyl (C=O) groups is 2. The lowest BCUT2D eigenvalue weighted by molar-refractivity contribution is -0.138. The van der Waals surface area contributed by atoms with Crippen LogP contribution in [0.1, 0.15) is 67.9 Å². The lowest BCUT2D eigenvalue weighted by Gasteiger charge is -2.27. The molecule has 10 heteroatoms. The number of fused-ring (bicyclic) bond motifs is 1. The first-order valence-corrected chi connectivity index (χ1v) is 13.1. The summed E-state index contributed by atoms with van der Waals surface area (Å²) in [6.07, 6.45) is 3.09. The van der Waals surface area contributed by atoms with Gasteiger partial charge in [-0.25, -0.2) is 13.8 Å². The summed E-state index contributed by atoms with van der Waals surface area (Å²) < 4.78 is 35.4. The zero-order valence-corrected chi connectivity index (χ0v) is 21.7. The van der Waals surface area contributed by atoms with Gasteiger partial charge in [-0.2, -0.15) is 0 Å². The Morgan fingerprint density at radius 2 is 1.92 bits per heavy atom. The summed E-state index contributed by atoms with van der Waals surface area (Å²) in [6.45, 7) is 3.74. The maximum absolute atomic E-state index is 14.2. The van der Waals surface area contributed by atoms with Crippen molar-refractivity contribution in [1.82, 2.24) is 14.7 Å². The molecule has 4 aromatic rings. The summed E-state index contributed by atoms with van der Waals surface area (Å²) in [4.78, 5) is 31.0. The maximum atomic E-state index is 14.2. The van der Waals surface area contributed by atoms with Crippen molar-refractivity contribution in [3.63, 3.8) is 0 Å². The van der Waals surface area contributed by atoms with Crippen molar-refractivity contribution >= 4 is 28.6 Å². The van der Waals surface area contributed by atoms with Gasteiger partial charge in [-0.3, -0.25) is 9.59 Å². The van der Waals surface area contributed by atoms with E-state index in [-0.39, 0.29) is 36.4 Å². The van der Waals surface area contributed by atoms with Gasteiger partial charge in [0.15, 0.2) is 11.6 Å². The molecule has 0 radical (unpaired) electrons. The Labute approximate surface area is 223 Å². The van der Waals surface area contributed by atoms with Gasteiger partial charge in [0, 0.05) is 36.2 Å². The number of carboxylic acid groups (broad SMARTS) is 1. The molecule has 2 aliphatic rings. The molecule has 2 unspecified atom stereocenters. The van der Waals surface area contributed by atoms with E-state index in [9.17, 15) is 23.5 Å². The van der Waals surface area contributed by atoms with Gasteiger partial charge in [-0.05, 0) is 75.3 Å². The molecule has 8 nitrogen and oxygen atoms in total. The molecular weight excluding hydrogens is 506 g/mol. The van der Waals surface area contributed by atoms with Crippen LogP contribution in [-0.4, -0.2) is 31.7 Å². The number of aromatic nitrogens is 3. The van der Waals surface area contributed by atoms with Gasteiger partial charge in [-0.15, -0.1) is 0 Å². The number of imidazole rings is 1. The zero-order chi connectivity index (χ0) is 27.4. The molecule has 1 saturated heterocycles. The third kappa shape index (κ3) is 4.37. The van der Waals surface area contributed by atoms with Crippen molar-refractivity contribution in [3.8, 4) is 11.1 Å². The quantitative estimate of drug-likeness (QED) is 0.313. The first kappa shape index (κ1) is 25.2. The Morgan fingerprint density at radius 1 is 1.10 bits per heavy atom. The highest BCUT2D eigenvalue weighted by molar-refractivity contribution is 5.96. The fourth-order valence-corrected chi connectivity index (χ4v) is 6.39. The number of halogens is 2. The summed E-state index contributed by atoms with van der Waals surface area (Å²) >= 11 is 0. The number of rotatable bonds is 6. The molecule has 0 bridgehead atoms. The van der Waals surface area contributed by atoms with Crippen molar-refractivity contribution in [2.24, 2.45) is 5.92 Å². The molecule has 1 aliphatic heterocycles. The average molecular weight is 535 g/mol. The fourth-order valence-electron chi connectivity index (χ4n) is 6.39. The van der Waals surface area contributed by atoms with Crippen molar-refractivity contribution < 1.29 is 28.0 Å². The Morgan fingerprint density at radius 3 is 2.64 bits per heavy atom. The van der Waals surface area contributed by atoms with E-state index in [0.717, 1.165) is 52.8 Å². The minimum atomic E-state index is -1.02. The molecule has 2 aromatic heterocycles. The van der Waals surface area contributed by atoms with E-state index >= 15 is 0 Å². The first-order chi connectivity index (χ1) is 18.7. The van der Waals surface area contributed by atoms with Crippen LogP contribution in [0.5, 0.6) is 0 Å². The second-order valence-electron chi connectivity index (χ2n) is 10.6. The summed E-state index contributed by atoms with van der Waals surface area (Å²) in [7, 11) is 0. The SMILES string of the molecule is Cc1noc(C)c1-c1ccc2c(c1)nc(C1CCC(=O)N1c1ccc(F)c(F)c1)n2[C@@H]1CCC(CC(=O)O)C1. The maximum Gasteiger partial charge on any atom is 0.303 e. The smallest absolute Gasteiger partial charge is 0.303 e. The largest absolute Gasteiger partial charge is 0.481 e. The topological polar surface area (TPSA) is 101 Å². The molecule has 1 amide bonds. The highest BCUT2D eigenvalue weighted by Gasteiger charge is 2.39. The van der Waals surface area contributed by atoms with Gasteiger partial charge in [0.05, 0.1) is 22.8 Å². The van der Waals surface area contributed by atoms with E-state index in [4.69, 9.17) is 9.51 Å². The number of benzene rings is 2. The highest BCUT2D eigenvalue weighted by atomic mass is 19.2. The van der Waals surface area contributed by atoms with E-state index in [0.29, 0.717) is 24.4 Å². The van der Waals surface area contributed by atoms with Crippen LogP contribution in [0.15, 0.2) is 40.9 Å². The standard InChI is InChI=1S/C29H28F2N4O4/c1-15-28(16(2)39-33-15)18-4-8-24-23(13-18)32-29(35(24)19-5-3-17(11-19)12-27(37)38)25-9-10-26(36)34(25)20-6-7-21(30)22(31)14-20/h4,6-8,13-14,17,19,25H,3,5,9-12H2,1-2H3,(H,37,38)/t17?,19-,25?/m1/s1. The number of hydrogen-bond acceptors (Lipinski definition) is 5. The molecule has 3 atom stereocenters. The number of aliphatic carboxylic acids is 1. The van der Waals surface area contributed by atoms with Crippen LogP contribution in [0.3, 0.4) is 0 Å². The summed E-state index contributed by atoms with van der Waals surface area (Å²) in [5.74, 6) is -1.58. The fraction of sp³-hybridized carbons (Fsp3) is 0.379. The molecule has 202 valence electrons. The van der Waals surface area contributed by atoms with Crippen LogP contribution in [-0.2, 0) is 9.59 Å². The summed E-state index contributed by atoms with van der Waals surface area (Å²) in [5.41, 5.74) is 4.47. The monoisotopic (exact) mass is 534 g/mol. The number of aryl methyl sites for hydroxylation is 2. The molecule has 1 N–H and O–H groups in total. The van der Waals surface area contributed by atoms with Gasteiger partial charge < -0.3 is 19.1 Å². The van der Waals surface area contributed by atoms with Crippen molar-refractivity contribution in [3.05, 3.63) is 65.3 Å². The van der Waals surface area contributed by atoms with E-state index in [2.05, 4.69) is 9.72 Å². The number of anilines is 1. The van der Waals surface area contributed by atoms with Gasteiger partial charge in [0.25, 0.3) is 0 Å². The Kier molecular flexibility index (Phi) is 6.20. The number of amides is 1. The molecule has 1 saturated carbocycles. The predicted octanol–water partition coefficient (Wildman–Crippen LogP) is 6.27. The summed E-state index contributed by atoms with van der Waals surface area (Å²) in [6, 6.07) is 8.98. The molecular formula is C29H28F2N4O4. The first-order valence-electron chi connectivity index (χ1n) is 13.1. The second kappa shape index (κ2) is 9.59. The Hall–Kier alpha value is -4.08. The van der Waals surface area contributed by atoms with E-state index in [1.54, 1.807) is 0 Å². The molecule has 39 heavy (non-hydrogen) atoms. The van der Waals surface area contributed by atoms with Crippen LogP contribution < -0.4 is 4.90 Å². The molecule has 0 spiro atoms. The minimum Gasteiger partial charge on any atom is -0.481 e. The number of carbonyl (C=O) groups excluding carboxylic acids is 1. The molecule has 3 heterocycles. The van der Waals surface area contributed by atoms with Gasteiger partial charge >= 0.3 is 5.97 Å². The summed E-state index contributed by atoms with van der Waals surface area (Å²) in [5, 5.41) is 13.4. The number of nitrogens with zero attached hydrogens (tertiary/aromatic N) is 4. The average Bonchev–Trinajstić information content (AvgIpc) is 3.66.